The Labute approximate surface area is 136 Å². The number of hydrogen-bond donors (Lipinski definition) is 3. The van der Waals surface area contributed by atoms with Gasteiger partial charge in [0.05, 0.1) is 10.5 Å². The highest BCUT2D eigenvalue weighted by Crippen LogP contribution is 2.32. The van der Waals surface area contributed by atoms with Gasteiger partial charge in [-0.3, -0.25) is 24.0 Å². The van der Waals surface area contributed by atoms with Gasteiger partial charge in [0.25, 0.3) is 26.1 Å². The topological polar surface area (TPSA) is 189 Å². The minimum absolute atomic E-state index is 0.185. The summed E-state index contributed by atoms with van der Waals surface area (Å²) in [6.07, 6.45) is 0. The summed E-state index contributed by atoms with van der Waals surface area (Å²) in [7, 11) is -10.3. The number of carbonyl (C=O) groups is 2. The summed E-state index contributed by atoms with van der Waals surface area (Å²) in [5.74, 6) is -2.36. The maximum Gasteiger partial charge on any atom is 0.343 e. The largest absolute Gasteiger partial charge is 0.343 e. The first-order chi connectivity index (χ1) is 10.2. The summed E-state index contributed by atoms with van der Waals surface area (Å²) in [6, 6.07) is 0.558. The molecule has 14 heteroatoms. The van der Waals surface area contributed by atoms with Gasteiger partial charge in [-0.1, -0.05) is 0 Å². The normalized spacial score (nSPS) is 12.2. The molecule has 1 rings (SSSR count). The van der Waals surface area contributed by atoms with Gasteiger partial charge in [-0.2, -0.15) is 16.8 Å². The maximum absolute atomic E-state index is 11.8. The summed E-state index contributed by atoms with van der Waals surface area (Å²) in [5, 5.41) is 1.63. The molecule has 0 fully saturated rings. The van der Waals surface area contributed by atoms with E-state index in [9.17, 15) is 32.6 Å². The van der Waals surface area contributed by atoms with Crippen LogP contribution in [0.3, 0.4) is 0 Å². The Morgan fingerprint density at radius 1 is 1.04 bits per heavy atom. The van der Waals surface area contributed by atoms with Crippen molar-refractivity contribution >= 4 is 51.8 Å². The number of nitrogens with one attached hydrogen (secondary N) is 1. The van der Waals surface area contributed by atoms with Crippen LogP contribution in [0.2, 0.25) is 0 Å². The van der Waals surface area contributed by atoms with E-state index in [-0.39, 0.29) is 6.07 Å². The standard InChI is InChI=1S/C9H8INO10S2/c1-4(12)11-9(13)6-2-5(22(16,17)18)3-7(23(19,20)21)8(6)10(14)15/h2-3H,1H3,(H,11,12,13)(H,16,17,18)(H,19,20,21). The Balaban J connectivity index is 3.99. The van der Waals surface area contributed by atoms with Crippen LogP contribution in [0.25, 0.3) is 0 Å². The molecule has 23 heavy (non-hydrogen) atoms. The molecular weight excluding hydrogens is 473 g/mol. The van der Waals surface area contributed by atoms with Crippen molar-refractivity contribution in [3.05, 3.63) is 21.3 Å². The Bertz CT molecular complexity index is 966. The van der Waals surface area contributed by atoms with Gasteiger partial charge in [0.15, 0.2) is 0 Å². The van der Waals surface area contributed by atoms with Crippen LogP contribution >= 0.6 is 19.8 Å². The average Bonchev–Trinajstić information content (AvgIpc) is 2.33. The van der Waals surface area contributed by atoms with Crippen LogP contribution in [0.1, 0.15) is 17.3 Å². The van der Waals surface area contributed by atoms with Gasteiger partial charge < -0.3 is 0 Å². The fourth-order valence-electron chi connectivity index (χ4n) is 1.46. The molecule has 0 aliphatic rings. The number of hydrogen-bond acceptors (Lipinski definition) is 8. The predicted octanol–water partition coefficient (Wildman–Crippen LogP) is -0.177. The SMILES string of the molecule is CC(=O)NC(=O)c1cc(S(=O)(=O)O)cc(S(=O)(=O)O)c1I(=O)=O. The molecule has 128 valence electrons. The minimum Gasteiger partial charge on any atom is -0.293 e. The Morgan fingerprint density at radius 3 is 1.91 bits per heavy atom. The van der Waals surface area contributed by atoms with E-state index in [1.807, 2.05) is 0 Å². The molecule has 0 unspecified atom stereocenters. The molecule has 11 nitrogen and oxygen atoms in total. The molecule has 0 radical (unpaired) electrons. The van der Waals surface area contributed by atoms with Crippen LogP contribution in [-0.2, 0) is 31.2 Å². The summed E-state index contributed by atoms with van der Waals surface area (Å²) >= 11 is -4.76. The van der Waals surface area contributed by atoms with Crippen LogP contribution in [-0.4, -0.2) is 37.8 Å². The first-order valence-corrected chi connectivity index (χ1v) is 11.0. The van der Waals surface area contributed by atoms with Crippen molar-refractivity contribution in [3.8, 4) is 0 Å². The molecule has 0 saturated heterocycles. The molecule has 1 aromatic rings. The van der Waals surface area contributed by atoms with E-state index in [0.717, 1.165) is 6.92 Å². The Kier molecular flexibility index (Phi) is 5.57. The second-order valence-corrected chi connectivity index (χ2v) is 9.09. The van der Waals surface area contributed by atoms with Crippen molar-refractivity contribution in [1.29, 1.82) is 0 Å². The van der Waals surface area contributed by atoms with E-state index in [1.165, 1.54) is 0 Å². The van der Waals surface area contributed by atoms with E-state index in [0.29, 0.717) is 6.07 Å². The zero-order valence-corrected chi connectivity index (χ0v) is 14.8. The molecule has 0 bridgehead atoms. The molecule has 0 atom stereocenters. The third-order valence-corrected chi connectivity index (χ3v) is 6.40. The lowest BCUT2D eigenvalue weighted by Gasteiger charge is -2.09. The minimum atomic E-state index is -5.25. The highest BCUT2D eigenvalue weighted by molar-refractivity contribution is 14.2. The summed E-state index contributed by atoms with van der Waals surface area (Å²) in [5.41, 5.74) is -1.02. The molecule has 0 saturated carbocycles. The molecule has 0 heterocycles. The highest BCUT2D eigenvalue weighted by atomic mass is 127. The van der Waals surface area contributed by atoms with Gasteiger partial charge in [0.2, 0.25) is 5.91 Å². The summed E-state index contributed by atoms with van der Waals surface area (Å²) in [4.78, 5) is 20.1. The van der Waals surface area contributed by atoms with Crippen molar-refractivity contribution in [3.63, 3.8) is 0 Å². The van der Waals surface area contributed by atoms with Gasteiger partial charge in [0, 0.05) is 6.92 Å². The molecule has 2 amide bonds. The number of halogens is 1. The highest BCUT2D eigenvalue weighted by Gasteiger charge is 2.29. The number of rotatable bonds is 4. The van der Waals surface area contributed by atoms with Crippen molar-refractivity contribution in [2.75, 3.05) is 0 Å². The lowest BCUT2D eigenvalue weighted by atomic mass is 10.2. The first-order valence-electron chi connectivity index (χ1n) is 5.25. The Morgan fingerprint density at radius 2 is 1.57 bits per heavy atom. The lowest BCUT2D eigenvalue weighted by Crippen LogP contribution is -2.29. The van der Waals surface area contributed by atoms with Crippen LogP contribution in [0.15, 0.2) is 21.9 Å². The lowest BCUT2D eigenvalue weighted by molar-refractivity contribution is -0.118. The number of amides is 2. The van der Waals surface area contributed by atoms with E-state index in [1.54, 1.807) is 5.32 Å². The molecule has 0 aromatic heterocycles. The van der Waals surface area contributed by atoms with Crippen molar-refractivity contribution in [1.82, 2.24) is 5.32 Å². The predicted molar refractivity (Wildman–Crippen MR) is 78.3 cm³/mol. The van der Waals surface area contributed by atoms with Crippen molar-refractivity contribution in [2.24, 2.45) is 0 Å². The van der Waals surface area contributed by atoms with Crippen LogP contribution in [0, 0.1) is 3.57 Å². The fraction of sp³-hybridized carbons (Fsp3) is 0.111. The molecular formula is C9H8INO10S2. The quantitative estimate of drug-likeness (QED) is 0.384. The van der Waals surface area contributed by atoms with Gasteiger partial charge in [-0.15, -0.1) is 0 Å². The third kappa shape index (κ3) is 4.74. The smallest absolute Gasteiger partial charge is 0.293 e. The van der Waals surface area contributed by atoms with Gasteiger partial charge >= 0.3 is 19.8 Å². The second-order valence-electron chi connectivity index (χ2n) is 3.96. The average molecular weight is 481 g/mol. The fourth-order valence-corrected chi connectivity index (χ4v) is 5.40. The van der Waals surface area contributed by atoms with Crippen LogP contribution in [0.5, 0.6) is 0 Å². The molecule has 3 N–H and O–H groups in total. The van der Waals surface area contributed by atoms with Gasteiger partial charge in [-0.05, 0) is 12.1 Å². The second kappa shape index (κ2) is 6.56. The van der Waals surface area contributed by atoms with E-state index in [2.05, 4.69) is 0 Å². The molecule has 0 spiro atoms. The van der Waals surface area contributed by atoms with E-state index >= 15 is 0 Å². The summed E-state index contributed by atoms with van der Waals surface area (Å²) in [6.45, 7) is 0.888. The molecule has 0 aliphatic carbocycles. The van der Waals surface area contributed by atoms with E-state index < -0.39 is 70.8 Å². The van der Waals surface area contributed by atoms with Crippen molar-refractivity contribution < 1.29 is 41.7 Å². The van der Waals surface area contributed by atoms with Crippen LogP contribution in [0.4, 0.5) is 0 Å². The van der Waals surface area contributed by atoms with Crippen molar-refractivity contribution in [2.45, 2.75) is 16.7 Å². The third-order valence-electron chi connectivity index (χ3n) is 2.28. The van der Waals surface area contributed by atoms with Crippen LogP contribution < -0.4 is 5.32 Å². The first kappa shape index (κ1) is 19.6. The number of benzene rings is 1. The van der Waals surface area contributed by atoms with Gasteiger partial charge in [0.1, 0.15) is 8.47 Å². The van der Waals surface area contributed by atoms with E-state index in [4.69, 9.17) is 9.11 Å². The zero-order chi connectivity index (χ0) is 18.2. The molecule has 0 aliphatic heterocycles. The zero-order valence-electron chi connectivity index (χ0n) is 11.0. The van der Waals surface area contributed by atoms with Gasteiger partial charge in [-0.25, -0.2) is 6.14 Å². The maximum atomic E-state index is 11.8. The summed E-state index contributed by atoms with van der Waals surface area (Å²) < 4.78 is 84.3. The number of imide groups is 1. The molecule has 1 aromatic carbocycles. The number of carbonyl (C=O) groups excluding carboxylic acids is 2. The Hall–Kier alpha value is -1.49. The monoisotopic (exact) mass is 481 g/mol.